The van der Waals surface area contributed by atoms with Crippen LogP contribution < -0.4 is 4.33 Å². The van der Waals surface area contributed by atoms with Crippen LogP contribution in [-0.2, 0) is 4.79 Å². The van der Waals surface area contributed by atoms with E-state index in [0.717, 1.165) is 0 Å². The summed E-state index contributed by atoms with van der Waals surface area (Å²) in [7, 11) is 0. The summed E-state index contributed by atoms with van der Waals surface area (Å²) >= 11 is 4.99. The van der Waals surface area contributed by atoms with Crippen molar-refractivity contribution in [2.24, 2.45) is 0 Å². The van der Waals surface area contributed by atoms with Gasteiger partial charge in [0.1, 0.15) is 0 Å². The predicted octanol–water partition coefficient (Wildman–Crippen LogP) is 0.898. The Kier molecular flexibility index (Phi) is 18.6. The van der Waals surface area contributed by atoms with E-state index < -0.39 is 12.0 Å². The Morgan fingerprint density at radius 2 is 2.26 bits per heavy atom. The van der Waals surface area contributed by atoms with Crippen LogP contribution in [0.2, 0.25) is 11.6 Å². The molecule has 0 aromatic carbocycles. The maximum atomic E-state index is 10.2. The SMILES string of the molecule is C[Se]C#N.C[Se]NC(CS)C(=O)O.Cc1ccc[se]1. The molecular weight excluding hydrogens is 461 g/mol. The Morgan fingerprint density at radius 3 is 2.37 bits per heavy atom. The van der Waals surface area contributed by atoms with Crippen LogP contribution in [0.4, 0.5) is 0 Å². The molecule has 19 heavy (non-hydrogen) atoms. The fourth-order valence-electron chi connectivity index (χ4n) is 0.669. The fraction of sp³-hybridized carbons (Fsp3) is 0.455. The van der Waals surface area contributed by atoms with Crippen molar-refractivity contribution in [2.75, 3.05) is 5.75 Å². The topological polar surface area (TPSA) is 73.1 Å². The third-order valence-corrected chi connectivity index (χ3v) is 5.02. The van der Waals surface area contributed by atoms with Crippen molar-refractivity contribution in [2.45, 2.75) is 24.6 Å². The molecule has 1 heterocycles. The van der Waals surface area contributed by atoms with E-state index in [4.69, 9.17) is 10.4 Å². The van der Waals surface area contributed by atoms with Crippen molar-refractivity contribution >= 4 is 63.2 Å². The third kappa shape index (κ3) is 16.3. The molecular formula is C11H18N2O2SSe3. The van der Waals surface area contributed by atoms with Crippen LogP contribution in [0.25, 0.3) is 0 Å². The summed E-state index contributed by atoms with van der Waals surface area (Å²) in [6, 6.07) is 3.81. The number of aliphatic carboxylic acids is 1. The molecule has 0 aliphatic rings. The summed E-state index contributed by atoms with van der Waals surface area (Å²) in [6.45, 7) is 2.17. The van der Waals surface area contributed by atoms with Gasteiger partial charge >= 0.3 is 140 Å². The second-order valence-electron chi connectivity index (χ2n) is 2.91. The van der Waals surface area contributed by atoms with E-state index in [1.807, 2.05) is 16.6 Å². The maximum absolute atomic E-state index is 10.2. The van der Waals surface area contributed by atoms with Gasteiger partial charge in [0.15, 0.2) is 0 Å². The van der Waals surface area contributed by atoms with Gasteiger partial charge in [-0.15, -0.1) is 0 Å². The Balaban J connectivity index is 0. The number of thiol groups is 1. The molecule has 1 unspecified atom stereocenters. The molecule has 1 rings (SSSR count). The van der Waals surface area contributed by atoms with Gasteiger partial charge in [0.05, 0.1) is 0 Å². The number of carbonyl (C=O) groups is 1. The van der Waals surface area contributed by atoms with Crippen LogP contribution in [-0.4, -0.2) is 67.5 Å². The average molecular weight is 479 g/mol. The first kappa shape index (κ1) is 21.6. The summed E-state index contributed by atoms with van der Waals surface area (Å²) in [5.74, 6) is 3.33. The van der Waals surface area contributed by atoms with E-state index >= 15 is 0 Å². The zero-order valence-electron chi connectivity index (χ0n) is 11.0. The third-order valence-electron chi connectivity index (χ3n) is 1.50. The number of aryl methyl sites for hydroxylation is 1. The molecule has 0 aliphatic heterocycles. The number of nitrogens with one attached hydrogen (secondary N) is 1. The zero-order chi connectivity index (χ0) is 15.1. The van der Waals surface area contributed by atoms with E-state index in [9.17, 15) is 4.79 Å². The van der Waals surface area contributed by atoms with Crippen molar-refractivity contribution in [3.63, 3.8) is 0 Å². The van der Waals surface area contributed by atoms with Crippen molar-refractivity contribution in [1.29, 1.82) is 5.26 Å². The van der Waals surface area contributed by atoms with Gasteiger partial charge in [0.2, 0.25) is 0 Å². The average Bonchev–Trinajstić information content (AvgIpc) is 2.87. The molecule has 0 fully saturated rings. The Bertz CT molecular complexity index is 355. The summed E-state index contributed by atoms with van der Waals surface area (Å²) in [5, 5.41) is 16.1. The first-order chi connectivity index (χ1) is 9.03. The van der Waals surface area contributed by atoms with Gasteiger partial charge in [-0.25, -0.2) is 0 Å². The van der Waals surface area contributed by atoms with E-state index in [-0.39, 0.29) is 30.1 Å². The molecule has 8 heteroatoms. The summed E-state index contributed by atoms with van der Waals surface area (Å²) in [6.07, 6.45) is 0. The monoisotopic (exact) mass is 482 g/mol. The number of hydrogen-bond donors (Lipinski definition) is 3. The van der Waals surface area contributed by atoms with Crippen LogP contribution in [0.15, 0.2) is 17.1 Å². The van der Waals surface area contributed by atoms with Gasteiger partial charge in [-0.05, 0) is 0 Å². The predicted molar refractivity (Wildman–Crippen MR) is 85.4 cm³/mol. The molecule has 1 aromatic heterocycles. The van der Waals surface area contributed by atoms with E-state index in [1.165, 1.54) is 4.44 Å². The molecule has 0 saturated heterocycles. The Labute approximate surface area is 139 Å². The van der Waals surface area contributed by atoms with Gasteiger partial charge in [0, 0.05) is 0 Å². The van der Waals surface area contributed by atoms with Crippen LogP contribution in [0.5, 0.6) is 0 Å². The Morgan fingerprint density at radius 1 is 1.68 bits per heavy atom. The number of hydrogen-bond acceptors (Lipinski definition) is 4. The Hall–Kier alpha value is 0.308. The number of nitrogens with zero attached hydrogens (tertiary/aromatic N) is 1. The number of carboxylic acids is 1. The second-order valence-corrected chi connectivity index (χ2v) is 8.29. The normalized spacial score (nSPS) is 10.1. The molecule has 1 aromatic rings. The first-order valence-electron chi connectivity index (χ1n) is 5.07. The van der Waals surface area contributed by atoms with Crippen molar-refractivity contribution < 1.29 is 9.90 Å². The minimum absolute atomic E-state index is 0.200. The van der Waals surface area contributed by atoms with E-state index in [0.29, 0.717) is 20.3 Å². The van der Waals surface area contributed by atoms with Crippen molar-refractivity contribution in [3.8, 4) is 4.97 Å². The van der Waals surface area contributed by atoms with Crippen LogP contribution in [0.1, 0.15) is 4.44 Å². The molecule has 0 bridgehead atoms. The molecule has 0 radical (unpaired) electrons. The summed E-state index contributed by atoms with van der Waals surface area (Å²) in [4.78, 5) is 14.4. The minimum atomic E-state index is -0.825. The number of nitriles is 1. The number of rotatable bonds is 4. The van der Waals surface area contributed by atoms with Crippen molar-refractivity contribution in [3.05, 3.63) is 21.5 Å². The van der Waals surface area contributed by atoms with E-state index in [2.05, 4.69) is 41.0 Å². The van der Waals surface area contributed by atoms with Crippen LogP contribution in [0, 0.1) is 17.2 Å². The second kappa shape index (κ2) is 16.4. The first-order valence-corrected chi connectivity index (χ1v) is 12.7. The standard InChI is InChI=1S/C5H6Se.C4H9NO2SSe.C2H3NSe/c1-5-3-2-4-6-5;1-9-5-3(2-8)4(6)7;1-4-2-3/h2-4H,1H3;3,5,8H,2H2,1H3,(H,6,7);1H3. The van der Waals surface area contributed by atoms with Gasteiger partial charge in [0.25, 0.3) is 0 Å². The summed E-state index contributed by atoms with van der Waals surface area (Å²) < 4.78 is 4.35. The van der Waals surface area contributed by atoms with Gasteiger partial charge in [-0.1, -0.05) is 0 Å². The van der Waals surface area contributed by atoms with E-state index in [1.54, 1.807) is 0 Å². The van der Waals surface area contributed by atoms with Crippen LogP contribution >= 0.6 is 12.6 Å². The fourth-order valence-corrected chi connectivity index (χ4v) is 3.29. The van der Waals surface area contributed by atoms with Gasteiger partial charge in [-0.3, -0.25) is 0 Å². The number of carboxylic acid groups (broad SMARTS) is 1. The molecule has 0 amide bonds. The summed E-state index contributed by atoms with van der Waals surface area (Å²) in [5.41, 5.74) is 0. The molecule has 2 N–H and O–H groups in total. The zero-order valence-corrected chi connectivity index (χ0v) is 17.0. The van der Waals surface area contributed by atoms with Crippen LogP contribution in [0.3, 0.4) is 0 Å². The molecule has 0 aliphatic carbocycles. The van der Waals surface area contributed by atoms with Crippen molar-refractivity contribution in [1.82, 2.24) is 4.33 Å². The van der Waals surface area contributed by atoms with Gasteiger partial charge < -0.3 is 0 Å². The molecule has 0 spiro atoms. The quantitative estimate of drug-likeness (QED) is 0.444. The molecule has 1 atom stereocenters. The molecule has 108 valence electrons. The molecule has 0 saturated carbocycles. The van der Waals surface area contributed by atoms with Gasteiger partial charge in [-0.2, -0.15) is 0 Å². The molecule has 4 nitrogen and oxygen atoms in total.